The standard InChI is InChI=1S/C13H22ClN3O2S/c1-4-8-15-20(18,19)16-10-13(17(2)3)11-6-5-7-12(14)9-11/h5-7,9,13,15-16H,4,8,10H2,1-3H3. The Morgan fingerprint density at radius 2 is 2.00 bits per heavy atom. The molecule has 0 spiro atoms. The number of rotatable bonds is 8. The largest absolute Gasteiger partial charge is 0.301 e. The van der Waals surface area contributed by atoms with Gasteiger partial charge in [-0.05, 0) is 38.2 Å². The van der Waals surface area contributed by atoms with Crippen LogP contribution in [0.5, 0.6) is 0 Å². The molecule has 0 aliphatic heterocycles. The van der Waals surface area contributed by atoms with E-state index in [0.717, 1.165) is 12.0 Å². The van der Waals surface area contributed by atoms with Crippen LogP contribution >= 0.6 is 11.6 Å². The molecule has 0 aliphatic carbocycles. The van der Waals surface area contributed by atoms with Crippen molar-refractivity contribution in [2.45, 2.75) is 19.4 Å². The van der Waals surface area contributed by atoms with E-state index >= 15 is 0 Å². The van der Waals surface area contributed by atoms with Gasteiger partial charge in [-0.2, -0.15) is 8.42 Å². The number of likely N-dealkylation sites (N-methyl/N-ethyl adjacent to an activating group) is 1. The fourth-order valence-corrected chi connectivity index (χ4v) is 2.94. The lowest BCUT2D eigenvalue weighted by Gasteiger charge is -2.25. The maximum absolute atomic E-state index is 11.7. The molecular weight excluding hydrogens is 298 g/mol. The molecule has 0 heterocycles. The van der Waals surface area contributed by atoms with Crippen LogP contribution < -0.4 is 9.44 Å². The van der Waals surface area contributed by atoms with Crippen molar-refractivity contribution in [3.8, 4) is 0 Å². The number of hydrogen-bond donors (Lipinski definition) is 2. The van der Waals surface area contributed by atoms with Crippen LogP contribution in [0.15, 0.2) is 24.3 Å². The first-order chi connectivity index (χ1) is 9.35. The molecule has 0 amide bonds. The van der Waals surface area contributed by atoms with Gasteiger partial charge in [-0.25, -0.2) is 9.44 Å². The quantitative estimate of drug-likeness (QED) is 0.768. The third-order valence-electron chi connectivity index (χ3n) is 2.87. The molecule has 1 atom stereocenters. The van der Waals surface area contributed by atoms with Gasteiger partial charge in [0.1, 0.15) is 0 Å². The Bertz CT molecular complexity index is 520. The zero-order valence-corrected chi connectivity index (χ0v) is 13.6. The fourth-order valence-electron chi connectivity index (χ4n) is 1.79. The second-order valence-corrected chi connectivity index (χ2v) is 6.80. The van der Waals surface area contributed by atoms with Crippen LogP contribution in [0.4, 0.5) is 0 Å². The molecule has 0 aromatic heterocycles. The van der Waals surface area contributed by atoms with Gasteiger partial charge in [0.2, 0.25) is 0 Å². The van der Waals surface area contributed by atoms with E-state index in [-0.39, 0.29) is 12.6 Å². The van der Waals surface area contributed by atoms with Gasteiger partial charge in [0, 0.05) is 24.2 Å². The monoisotopic (exact) mass is 319 g/mol. The second kappa shape index (κ2) is 7.95. The highest BCUT2D eigenvalue weighted by Gasteiger charge is 2.17. The van der Waals surface area contributed by atoms with E-state index in [9.17, 15) is 8.42 Å². The van der Waals surface area contributed by atoms with Crippen molar-refractivity contribution in [3.05, 3.63) is 34.9 Å². The zero-order valence-electron chi connectivity index (χ0n) is 12.1. The van der Waals surface area contributed by atoms with Crippen molar-refractivity contribution >= 4 is 21.8 Å². The highest BCUT2D eigenvalue weighted by Crippen LogP contribution is 2.21. The predicted octanol–water partition coefficient (Wildman–Crippen LogP) is 1.78. The molecule has 1 aromatic rings. The predicted molar refractivity (Wildman–Crippen MR) is 83.1 cm³/mol. The van der Waals surface area contributed by atoms with E-state index in [1.165, 1.54) is 0 Å². The third-order valence-corrected chi connectivity index (χ3v) is 4.23. The molecule has 20 heavy (non-hydrogen) atoms. The van der Waals surface area contributed by atoms with E-state index in [4.69, 9.17) is 11.6 Å². The average Bonchev–Trinajstić information content (AvgIpc) is 2.36. The number of halogens is 1. The SMILES string of the molecule is CCCNS(=O)(=O)NCC(c1cccc(Cl)c1)N(C)C. The van der Waals surface area contributed by atoms with Gasteiger partial charge in [-0.1, -0.05) is 30.7 Å². The van der Waals surface area contributed by atoms with Gasteiger partial charge in [0.15, 0.2) is 0 Å². The smallest absolute Gasteiger partial charge is 0.276 e. The Labute approximate surface area is 126 Å². The zero-order chi connectivity index (χ0) is 15.2. The van der Waals surface area contributed by atoms with Crippen LogP contribution in [-0.4, -0.2) is 40.5 Å². The summed E-state index contributed by atoms with van der Waals surface area (Å²) in [7, 11) is 0.354. The summed E-state index contributed by atoms with van der Waals surface area (Å²) in [6, 6.07) is 7.36. The molecule has 2 N–H and O–H groups in total. The molecule has 0 fully saturated rings. The van der Waals surface area contributed by atoms with Gasteiger partial charge in [0.25, 0.3) is 10.2 Å². The van der Waals surface area contributed by atoms with Crippen molar-refractivity contribution in [1.82, 2.24) is 14.3 Å². The molecule has 0 radical (unpaired) electrons. The Kier molecular flexibility index (Phi) is 6.91. The lowest BCUT2D eigenvalue weighted by molar-refractivity contribution is 0.299. The van der Waals surface area contributed by atoms with Crippen molar-refractivity contribution in [2.75, 3.05) is 27.2 Å². The van der Waals surface area contributed by atoms with Crippen molar-refractivity contribution in [3.63, 3.8) is 0 Å². The van der Waals surface area contributed by atoms with Crippen LogP contribution in [-0.2, 0) is 10.2 Å². The number of nitrogens with zero attached hydrogens (tertiary/aromatic N) is 1. The summed E-state index contributed by atoms with van der Waals surface area (Å²) >= 11 is 5.98. The van der Waals surface area contributed by atoms with Gasteiger partial charge < -0.3 is 4.90 Å². The Morgan fingerprint density at radius 3 is 2.55 bits per heavy atom. The highest BCUT2D eigenvalue weighted by molar-refractivity contribution is 7.87. The van der Waals surface area contributed by atoms with Crippen LogP contribution in [0, 0.1) is 0 Å². The van der Waals surface area contributed by atoms with Crippen LogP contribution in [0.25, 0.3) is 0 Å². The van der Waals surface area contributed by atoms with Crippen molar-refractivity contribution < 1.29 is 8.42 Å². The molecule has 1 rings (SSSR count). The van der Waals surface area contributed by atoms with Crippen LogP contribution in [0.2, 0.25) is 5.02 Å². The molecule has 114 valence electrons. The van der Waals surface area contributed by atoms with Gasteiger partial charge in [-0.15, -0.1) is 0 Å². The van der Waals surface area contributed by atoms with Gasteiger partial charge in [-0.3, -0.25) is 0 Å². The Hall–Kier alpha value is -0.660. The van der Waals surface area contributed by atoms with Crippen LogP contribution in [0.1, 0.15) is 24.9 Å². The molecule has 0 bridgehead atoms. The maximum Gasteiger partial charge on any atom is 0.276 e. The first kappa shape index (κ1) is 17.4. The topological polar surface area (TPSA) is 61.4 Å². The fraction of sp³-hybridized carbons (Fsp3) is 0.538. The molecule has 5 nitrogen and oxygen atoms in total. The molecular formula is C13H22ClN3O2S. The summed E-state index contributed by atoms with van der Waals surface area (Å²) in [5.74, 6) is 0. The molecule has 0 saturated carbocycles. The third kappa shape index (κ3) is 5.76. The lowest BCUT2D eigenvalue weighted by atomic mass is 10.1. The molecule has 7 heteroatoms. The van der Waals surface area contributed by atoms with Crippen molar-refractivity contribution in [2.24, 2.45) is 0 Å². The summed E-state index contributed by atoms with van der Waals surface area (Å²) in [4.78, 5) is 1.95. The summed E-state index contributed by atoms with van der Waals surface area (Å²) in [5, 5.41) is 0.640. The minimum atomic E-state index is -3.45. The molecule has 0 aliphatic rings. The van der Waals surface area contributed by atoms with Crippen molar-refractivity contribution in [1.29, 1.82) is 0 Å². The van der Waals surface area contributed by atoms with Gasteiger partial charge in [0.05, 0.1) is 0 Å². The van der Waals surface area contributed by atoms with E-state index < -0.39 is 10.2 Å². The minimum absolute atomic E-state index is 0.0769. The summed E-state index contributed by atoms with van der Waals surface area (Å²) < 4.78 is 28.5. The van der Waals surface area contributed by atoms with Crippen LogP contribution in [0.3, 0.4) is 0 Å². The maximum atomic E-state index is 11.7. The highest BCUT2D eigenvalue weighted by atomic mass is 35.5. The summed E-state index contributed by atoms with van der Waals surface area (Å²) in [6.07, 6.45) is 0.756. The Morgan fingerprint density at radius 1 is 1.30 bits per heavy atom. The molecule has 0 saturated heterocycles. The molecule has 1 aromatic carbocycles. The van der Waals surface area contributed by atoms with E-state index in [2.05, 4.69) is 9.44 Å². The van der Waals surface area contributed by atoms with E-state index in [0.29, 0.717) is 11.6 Å². The first-order valence-corrected chi connectivity index (χ1v) is 8.38. The van der Waals surface area contributed by atoms with Gasteiger partial charge >= 0.3 is 0 Å². The van der Waals surface area contributed by atoms with E-state index in [1.54, 1.807) is 6.07 Å². The summed E-state index contributed by atoms with van der Waals surface area (Å²) in [6.45, 7) is 2.63. The number of nitrogens with one attached hydrogen (secondary N) is 2. The minimum Gasteiger partial charge on any atom is -0.301 e. The first-order valence-electron chi connectivity index (χ1n) is 6.52. The molecule has 1 unspecified atom stereocenters. The Balaban J connectivity index is 2.74. The lowest BCUT2D eigenvalue weighted by Crippen LogP contribution is -2.41. The average molecular weight is 320 g/mol. The summed E-state index contributed by atoms with van der Waals surface area (Å²) in [5.41, 5.74) is 0.973. The second-order valence-electron chi connectivity index (χ2n) is 4.78. The number of hydrogen-bond acceptors (Lipinski definition) is 3. The van der Waals surface area contributed by atoms with E-state index in [1.807, 2.05) is 44.1 Å². The normalized spacial score (nSPS) is 13.7. The number of benzene rings is 1.